The highest BCUT2D eigenvalue weighted by molar-refractivity contribution is 5.04. The van der Waals surface area contributed by atoms with Crippen molar-refractivity contribution in [3.8, 4) is 0 Å². The SMILES string of the molecule is C=C1CCC(c2nn[nH]n2)CC1. The molecule has 0 bridgehead atoms. The van der Waals surface area contributed by atoms with Crippen LogP contribution in [0, 0.1) is 0 Å². The van der Waals surface area contributed by atoms with Crippen molar-refractivity contribution in [2.24, 2.45) is 0 Å². The second kappa shape index (κ2) is 3.05. The molecule has 4 nitrogen and oxygen atoms in total. The number of tetrazole rings is 1. The first-order chi connectivity index (χ1) is 5.86. The number of rotatable bonds is 1. The molecule has 1 heterocycles. The Kier molecular flexibility index (Phi) is 1.89. The molecule has 64 valence electrons. The number of nitrogens with zero attached hydrogens (tertiary/aromatic N) is 3. The summed E-state index contributed by atoms with van der Waals surface area (Å²) in [5.41, 5.74) is 1.36. The number of H-pyrrole nitrogens is 1. The van der Waals surface area contributed by atoms with Crippen LogP contribution >= 0.6 is 0 Å². The molecule has 0 radical (unpaired) electrons. The van der Waals surface area contributed by atoms with E-state index in [2.05, 4.69) is 27.2 Å². The molecule has 1 saturated carbocycles. The number of aromatic nitrogens is 4. The van der Waals surface area contributed by atoms with E-state index >= 15 is 0 Å². The van der Waals surface area contributed by atoms with E-state index in [1.807, 2.05) is 0 Å². The molecular formula is C8H12N4. The maximum absolute atomic E-state index is 3.99. The zero-order valence-corrected chi connectivity index (χ0v) is 6.95. The van der Waals surface area contributed by atoms with E-state index in [1.54, 1.807) is 0 Å². The Balaban J connectivity index is 2.03. The van der Waals surface area contributed by atoms with Gasteiger partial charge in [-0.3, -0.25) is 0 Å². The fourth-order valence-corrected chi connectivity index (χ4v) is 1.63. The summed E-state index contributed by atoms with van der Waals surface area (Å²) in [5, 5.41) is 14.0. The van der Waals surface area contributed by atoms with Crippen molar-refractivity contribution in [1.29, 1.82) is 0 Å². The van der Waals surface area contributed by atoms with Crippen LogP contribution in [0.25, 0.3) is 0 Å². The van der Waals surface area contributed by atoms with Crippen molar-refractivity contribution in [3.05, 3.63) is 18.0 Å². The van der Waals surface area contributed by atoms with Gasteiger partial charge in [-0.2, -0.15) is 5.21 Å². The van der Waals surface area contributed by atoms with Crippen LogP contribution in [0.4, 0.5) is 0 Å². The first-order valence-corrected chi connectivity index (χ1v) is 4.26. The van der Waals surface area contributed by atoms with Crippen LogP contribution in [-0.4, -0.2) is 20.6 Å². The van der Waals surface area contributed by atoms with Crippen LogP contribution in [0.1, 0.15) is 37.4 Å². The molecule has 0 aliphatic heterocycles. The van der Waals surface area contributed by atoms with Gasteiger partial charge >= 0.3 is 0 Å². The van der Waals surface area contributed by atoms with Crippen molar-refractivity contribution in [2.75, 3.05) is 0 Å². The Morgan fingerprint density at radius 2 is 2.08 bits per heavy atom. The van der Waals surface area contributed by atoms with Gasteiger partial charge in [0.2, 0.25) is 0 Å². The molecular weight excluding hydrogens is 152 g/mol. The van der Waals surface area contributed by atoms with Gasteiger partial charge in [0.05, 0.1) is 0 Å². The minimum absolute atomic E-state index is 0.495. The second-order valence-electron chi connectivity index (χ2n) is 3.29. The van der Waals surface area contributed by atoms with Crippen LogP contribution < -0.4 is 0 Å². The topological polar surface area (TPSA) is 54.5 Å². The van der Waals surface area contributed by atoms with Gasteiger partial charge in [-0.1, -0.05) is 17.4 Å². The van der Waals surface area contributed by atoms with E-state index in [9.17, 15) is 0 Å². The Morgan fingerprint density at radius 3 is 2.67 bits per heavy atom. The molecule has 0 unspecified atom stereocenters. The summed E-state index contributed by atoms with van der Waals surface area (Å²) in [6, 6.07) is 0. The molecule has 12 heavy (non-hydrogen) atoms. The van der Waals surface area contributed by atoms with Gasteiger partial charge in [0.25, 0.3) is 0 Å². The molecule has 0 saturated heterocycles. The summed E-state index contributed by atoms with van der Waals surface area (Å²) >= 11 is 0. The number of hydrogen-bond donors (Lipinski definition) is 1. The number of hydrogen-bond acceptors (Lipinski definition) is 3. The minimum atomic E-state index is 0.495. The molecule has 1 aliphatic carbocycles. The van der Waals surface area contributed by atoms with Gasteiger partial charge in [0, 0.05) is 5.92 Å². The van der Waals surface area contributed by atoms with Crippen LogP contribution in [0.2, 0.25) is 0 Å². The predicted molar refractivity (Wildman–Crippen MR) is 44.5 cm³/mol. The van der Waals surface area contributed by atoms with Gasteiger partial charge in [0.1, 0.15) is 0 Å². The molecule has 0 aromatic carbocycles. The highest BCUT2D eigenvalue weighted by atomic mass is 15.5. The average molecular weight is 164 g/mol. The van der Waals surface area contributed by atoms with E-state index in [1.165, 1.54) is 5.57 Å². The van der Waals surface area contributed by atoms with Gasteiger partial charge in [-0.25, -0.2) is 0 Å². The van der Waals surface area contributed by atoms with Crippen LogP contribution in [0.5, 0.6) is 0 Å². The number of allylic oxidation sites excluding steroid dienone is 1. The molecule has 1 aromatic heterocycles. The van der Waals surface area contributed by atoms with Crippen molar-refractivity contribution < 1.29 is 0 Å². The normalized spacial score (nSPS) is 19.8. The Bertz CT molecular complexity index is 255. The molecule has 0 amide bonds. The molecule has 1 aliphatic rings. The Labute approximate surface area is 71.1 Å². The van der Waals surface area contributed by atoms with E-state index in [4.69, 9.17) is 0 Å². The number of aromatic amines is 1. The minimum Gasteiger partial charge on any atom is -0.177 e. The molecule has 4 heteroatoms. The molecule has 1 N–H and O–H groups in total. The first kappa shape index (κ1) is 7.46. The quantitative estimate of drug-likeness (QED) is 0.638. The molecule has 1 aromatic rings. The van der Waals surface area contributed by atoms with Gasteiger partial charge < -0.3 is 0 Å². The molecule has 1 fully saturated rings. The molecule has 2 rings (SSSR count). The fraction of sp³-hybridized carbons (Fsp3) is 0.625. The summed E-state index contributed by atoms with van der Waals surface area (Å²) in [6.07, 6.45) is 4.47. The summed E-state index contributed by atoms with van der Waals surface area (Å²) in [4.78, 5) is 0. The lowest BCUT2D eigenvalue weighted by Gasteiger charge is -2.19. The van der Waals surface area contributed by atoms with E-state index < -0.39 is 0 Å². The molecule has 0 spiro atoms. The highest BCUT2D eigenvalue weighted by Gasteiger charge is 2.20. The summed E-state index contributed by atoms with van der Waals surface area (Å²) in [6.45, 7) is 3.97. The van der Waals surface area contributed by atoms with Crippen molar-refractivity contribution in [1.82, 2.24) is 20.6 Å². The van der Waals surface area contributed by atoms with Crippen molar-refractivity contribution in [3.63, 3.8) is 0 Å². The summed E-state index contributed by atoms with van der Waals surface area (Å²) in [5.74, 6) is 1.36. The average Bonchev–Trinajstić information content (AvgIpc) is 2.58. The fourth-order valence-electron chi connectivity index (χ4n) is 1.63. The van der Waals surface area contributed by atoms with Gasteiger partial charge in [-0.05, 0) is 25.7 Å². The lowest BCUT2D eigenvalue weighted by molar-refractivity contribution is 0.496. The highest BCUT2D eigenvalue weighted by Crippen LogP contribution is 2.32. The summed E-state index contributed by atoms with van der Waals surface area (Å²) < 4.78 is 0. The predicted octanol–water partition coefficient (Wildman–Crippen LogP) is 1.41. The Hall–Kier alpha value is -1.19. The van der Waals surface area contributed by atoms with Crippen molar-refractivity contribution in [2.45, 2.75) is 31.6 Å². The van der Waals surface area contributed by atoms with Crippen molar-refractivity contribution >= 4 is 0 Å². The molecule has 0 atom stereocenters. The van der Waals surface area contributed by atoms with Gasteiger partial charge in [0.15, 0.2) is 5.82 Å². The van der Waals surface area contributed by atoms with Gasteiger partial charge in [-0.15, -0.1) is 10.2 Å². The monoisotopic (exact) mass is 164 g/mol. The lowest BCUT2D eigenvalue weighted by Crippen LogP contribution is -2.07. The number of nitrogens with one attached hydrogen (secondary N) is 1. The van der Waals surface area contributed by atoms with Crippen LogP contribution in [0.3, 0.4) is 0 Å². The third-order valence-electron chi connectivity index (χ3n) is 2.42. The van der Waals surface area contributed by atoms with Crippen LogP contribution in [0.15, 0.2) is 12.2 Å². The second-order valence-corrected chi connectivity index (χ2v) is 3.29. The van der Waals surface area contributed by atoms with E-state index in [-0.39, 0.29) is 0 Å². The third kappa shape index (κ3) is 1.37. The third-order valence-corrected chi connectivity index (χ3v) is 2.42. The standard InChI is InChI=1S/C8H12N4/c1-6-2-4-7(5-3-6)8-9-11-12-10-8/h7H,1-5H2,(H,9,10,11,12). The van der Waals surface area contributed by atoms with E-state index in [0.29, 0.717) is 5.92 Å². The maximum Gasteiger partial charge on any atom is 0.177 e. The Morgan fingerprint density at radius 1 is 1.33 bits per heavy atom. The smallest absolute Gasteiger partial charge is 0.177 e. The van der Waals surface area contributed by atoms with Crippen LogP contribution in [-0.2, 0) is 0 Å². The first-order valence-electron chi connectivity index (χ1n) is 4.26. The maximum atomic E-state index is 3.99. The summed E-state index contributed by atoms with van der Waals surface area (Å²) in [7, 11) is 0. The zero-order chi connectivity index (χ0) is 8.39. The van der Waals surface area contributed by atoms with E-state index in [0.717, 1.165) is 31.5 Å². The largest absolute Gasteiger partial charge is 0.177 e. The zero-order valence-electron chi connectivity index (χ0n) is 6.95. The lowest BCUT2D eigenvalue weighted by atomic mass is 9.86.